The second-order valence-corrected chi connectivity index (χ2v) is 8.83. The Kier molecular flexibility index (Phi) is 6.15. The lowest BCUT2D eigenvalue weighted by Crippen LogP contribution is -2.15. The van der Waals surface area contributed by atoms with Crippen LogP contribution in [-0.2, 0) is 21.5 Å². The number of benzene rings is 2. The van der Waals surface area contributed by atoms with Gasteiger partial charge in [0.1, 0.15) is 10.7 Å². The van der Waals surface area contributed by atoms with E-state index in [0.717, 1.165) is 16.9 Å². The topological polar surface area (TPSA) is 52.6 Å². The van der Waals surface area contributed by atoms with Gasteiger partial charge in [0, 0.05) is 28.3 Å². The molecule has 0 aliphatic carbocycles. The Labute approximate surface area is 173 Å². The first-order chi connectivity index (χ1) is 13.7. The summed E-state index contributed by atoms with van der Waals surface area (Å²) >= 11 is 1.13. The van der Waals surface area contributed by atoms with Crippen molar-refractivity contribution in [3.63, 3.8) is 0 Å². The summed E-state index contributed by atoms with van der Waals surface area (Å²) in [5.41, 5.74) is 2.02. The first-order valence-corrected chi connectivity index (χ1v) is 10.0. The first-order valence-electron chi connectivity index (χ1n) is 9.22. The van der Waals surface area contributed by atoms with Gasteiger partial charge in [0.2, 0.25) is 0 Å². The van der Waals surface area contributed by atoms with Crippen molar-refractivity contribution in [3.05, 3.63) is 69.8 Å². The highest BCUT2D eigenvalue weighted by molar-refractivity contribution is 7.21. The van der Waals surface area contributed by atoms with Crippen molar-refractivity contribution in [2.24, 2.45) is 0 Å². The Morgan fingerprint density at radius 2 is 1.76 bits per heavy atom. The number of ketones is 1. The van der Waals surface area contributed by atoms with Gasteiger partial charge in [-0.2, -0.15) is 0 Å². The van der Waals surface area contributed by atoms with E-state index in [1.807, 2.05) is 12.1 Å². The number of hydrogen-bond donors (Lipinski definition) is 0. The molecule has 29 heavy (non-hydrogen) atoms. The van der Waals surface area contributed by atoms with E-state index >= 15 is 0 Å². The third kappa shape index (κ3) is 4.54. The van der Waals surface area contributed by atoms with Gasteiger partial charge >= 0.3 is 5.97 Å². The van der Waals surface area contributed by atoms with Gasteiger partial charge in [-0.15, -0.1) is 11.3 Å². The molecule has 3 aromatic rings. The zero-order valence-electron chi connectivity index (χ0n) is 16.9. The van der Waals surface area contributed by atoms with E-state index < -0.39 is 11.8 Å². The number of carbonyl (C=O) groups is 2. The van der Waals surface area contributed by atoms with Gasteiger partial charge in [0.05, 0.1) is 6.61 Å². The lowest BCUT2D eigenvalue weighted by molar-refractivity contribution is 0.0476. The highest BCUT2D eigenvalue weighted by atomic mass is 32.1. The van der Waals surface area contributed by atoms with Crippen LogP contribution in [0.1, 0.15) is 51.9 Å². The van der Waals surface area contributed by atoms with E-state index in [0.29, 0.717) is 21.2 Å². The van der Waals surface area contributed by atoms with Crippen LogP contribution >= 0.6 is 11.3 Å². The molecule has 6 heteroatoms. The number of Topliss-reactive ketones (excluding diaryl/α,β-unsaturated/α-hetero) is 1. The Morgan fingerprint density at radius 1 is 1.07 bits per heavy atom. The molecule has 0 N–H and O–H groups in total. The quantitative estimate of drug-likeness (QED) is 0.393. The summed E-state index contributed by atoms with van der Waals surface area (Å²) in [4.78, 5) is 25.3. The van der Waals surface area contributed by atoms with E-state index in [2.05, 4.69) is 20.8 Å². The fraction of sp³-hybridized carbons (Fsp3) is 0.304. The number of rotatable bonds is 6. The smallest absolute Gasteiger partial charge is 0.349 e. The highest BCUT2D eigenvalue weighted by Gasteiger charge is 2.23. The predicted molar refractivity (Wildman–Crippen MR) is 112 cm³/mol. The second-order valence-electron chi connectivity index (χ2n) is 7.78. The number of hydrogen-bond acceptors (Lipinski definition) is 5. The minimum atomic E-state index is -0.655. The van der Waals surface area contributed by atoms with Gasteiger partial charge < -0.3 is 9.47 Å². The maximum atomic E-state index is 14.2. The highest BCUT2D eigenvalue weighted by Crippen LogP contribution is 2.34. The normalized spacial score (nSPS) is 11.6. The van der Waals surface area contributed by atoms with Crippen LogP contribution in [0.2, 0.25) is 0 Å². The summed E-state index contributed by atoms with van der Waals surface area (Å²) in [6.45, 7) is 5.98. The minimum Gasteiger partial charge on any atom is -0.453 e. The van der Waals surface area contributed by atoms with Crippen LogP contribution < -0.4 is 0 Å². The number of thiophene rings is 1. The summed E-state index contributed by atoms with van der Waals surface area (Å²) in [5, 5.41) is 0.357. The molecule has 1 heterocycles. The fourth-order valence-electron chi connectivity index (χ4n) is 3.05. The average Bonchev–Trinajstić information content (AvgIpc) is 3.05. The molecule has 0 spiro atoms. The minimum absolute atomic E-state index is 0.0117. The maximum absolute atomic E-state index is 14.2. The third-order valence-corrected chi connectivity index (χ3v) is 5.82. The van der Waals surface area contributed by atoms with Crippen molar-refractivity contribution in [3.8, 4) is 0 Å². The lowest BCUT2D eigenvalue weighted by Gasteiger charge is -2.18. The van der Waals surface area contributed by atoms with Crippen LogP contribution in [0.15, 0.2) is 42.5 Å². The van der Waals surface area contributed by atoms with Gasteiger partial charge in [0.25, 0.3) is 0 Å². The van der Waals surface area contributed by atoms with Crippen LogP contribution in [-0.4, -0.2) is 25.5 Å². The largest absolute Gasteiger partial charge is 0.453 e. The molecule has 0 saturated heterocycles. The summed E-state index contributed by atoms with van der Waals surface area (Å²) in [5.74, 6) is -1.36. The molecule has 3 rings (SSSR count). The van der Waals surface area contributed by atoms with Gasteiger partial charge in [0.15, 0.2) is 12.4 Å². The van der Waals surface area contributed by atoms with Crippen molar-refractivity contribution in [1.29, 1.82) is 0 Å². The first kappa shape index (κ1) is 21.1. The van der Waals surface area contributed by atoms with Gasteiger partial charge in [-0.1, -0.05) is 51.1 Å². The molecule has 0 aliphatic heterocycles. The molecule has 2 aromatic carbocycles. The Bertz CT molecular complexity index is 1050. The molecule has 152 valence electrons. The summed E-state index contributed by atoms with van der Waals surface area (Å²) in [6.07, 6.45) is 0. The summed E-state index contributed by atoms with van der Waals surface area (Å²) < 4.78 is 25.3. The number of ether oxygens (including phenoxy) is 2. The van der Waals surface area contributed by atoms with Crippen molar-refractivity contribution in [1.82, 2.24) is 0 Å². The molecule has 1 aromatic heterocycles. The fourth-order valence-corrected chi connectivity index (χ4v) is 4.17. The molecule has 0 bridgehead atoms. The van der Waals surface area contributed by atoms with E-state index in [9.17, 15) is 14.0 Å². The van der Waals surface area contributed by atoms with Crippen molar-refractivity contribution in [2.45, 2.75) is 32.8 Å². The lowest BCUT2D eigenvalue weighted by atomic mass is 9.86. The van der Waals surface area contributed by atoms with E-state index in [4.69, 9.17) is 9.47 Å². The average molecular weight is 414 g/mol. The molecule has 0 radical (unpaired) electrons. The third-order valence-electron chi connectivity index (χ3n) is 4.64. The van der Waals surface area contributed by atoms with E-state index in [1.165, 1.54) is 13.2 Å². The Morgan fingerprint density at radius 3 is 2.38 bits per heavy atom. The van der Waals surface area contributed by atoms with Crippen LogP contribution in [0.3, 0.4) is 0 Å². The second kappa shape index (κ2) is 8.43. The molecule has 4 nitrogen and oxygen atoms in total. The van der Waals surface area contributed by atoms with Gasteiger partial charge in [-0.05, 0) is 23.1 Å². The van der Waals surface area contributed by atoms with Crippen molar-refractivity contribution >= 4 is 33.2 Å². The molecule has 0 amide bonds. The van der Waals surface area contributed by atoms with Crippen LogP contribution in [0, 0.1) is 5.82 Å². The molecule has 0 fully saturated rings. The number of halogens is 1. The van der Waals surface area contributed by atoms with Crippen LogP contribution in [0.4, 0.5) is 4.39 Å². The number of carbonyl (C=O) groups excluding carboxylic acids is 2. The van der Waals surface area contributed by atoms with Crippen LogP contribution in [0.5, 0.6) is 0 Å². The molecular formula is C23H23FO4S. The zero-order chi connectivity index (χ0) is 21.2. The summed E-state index contributed by atoms with van der Waals surface area (Å²) in [6, 6.07) is 11.9. The van der Waals surface area contributed by atoms with Crippen molar-refractivity contribution in [2.75, 3.05) is 13.7 Å². The Balaban J connectivity index is 1.76. The molecule has 0 saturated carbocycles. The molecule has 0 atom stereocenters. The predicted octanol–water partition coefficient (Wildman–Crippen LogP) is 5.52. The van der Waals surface area contributed by atoms with Crippen LogP contribution in [0.25, 0.3) is 10.1 Å². The molecule has 0 unspecified atom stereocenters. The molecular weight excluding hydrogens is 391 g/mol. The number of methoxy groups -OCH3 is 1. The number of fused-ring (bicyclic) bond motifs is 1. The summed E-state index contributed by atoms with van der Waals surface area (Å²) in [7, 11) is 1.48. The number of esters is 1. The Hall–Kier alpha value is -2.57. The SMILES string of the molecule is COCc1c(C(=O)OCC(=O)c2ccc(C(C)(C)C)cc2)sc2cccc(F)c12. The van der Waals surface area contributed by atoms with E-state index in [-0.39, 0.29) is 29.3 Å². The molecule has 0 aliphatic rings. The zero-order valence-corrected chi connectivity index (χ0v) is 17.7. The maximum Gasteiger partial charge on any atom is 0.349 e. The van der Waals surface area contributed by atoms with E-state index in [1.54, 1.807) is 24.3 Å². The van der Waals surface area contributed by atoms with Gasteiger partial charge in [-0.3, -0.25) is 4.79 Å². The van der Waals surface area contributed by atoms with Gasteiger partial charge in [-0.25, -0.2) is 9.18 Å². The monoisotopic (exact) mass is 414 g/mol. The standard InChI is InChI=1S/C23H23FO4S/c1-23(2,3)15-10-8-14(9-11-15)18(25)13-28-22(26)21-16(12-27-4)20-17(24)6-5-7-19(20)29-21/h5-11H,12-13H2,1-4H3. The van der Waals surface area contributed by atoms with Crippen molar-refractivity contribution < 1.29 is 23.5 Å².